The Morgan fingerprint density at radius 1 is 0.941 bits per heavy atom. The molecule has 0 saturated carbocycles. The van der Waals surface area contributed by atoms with Crippen molar-refractivity contribution in [1.29, 1.82) is 0 Å². The van der Waals surface area contributed by atoms with E-state index in [0.717, 1.165) is 12.2 Å². The molecule has 3 unspecified atom stereocenters. The van der Waals surface area contributed by atoms with Gasteiger partial charge in [-0.2, -0.15) is 25.3 Å². The van der Waals surface area contributed by atoms with E-state index in [0.29, 0.717) is 40.8 Å². The Kier molecular flexibility index (Phi) is 14.2. The van der Waals surface area contributed by atoms with Crippen LogP contribution in [-0.4, -0.2) is 49.7 Å². The Labute approximate surface area is 213 Å². The van der Waals surface area contributed by atoms with Crippen molar-refractivity contribution in [1.82, 2.24) is 5.32 Å². The summed E-state index contributed by atoms with van der Waals surface area (Å²) in [5.74, 6) is 1.91. The molecular formula is C25H36N2O5S2. The highest BCUT2D eigenvalue weighted by atomic mass is 32.1. The van der Waals surface area contributed by atoms with E-state index in [-0.39, 0.29) is 11.8 Å². The fourth-order valence-electron chi connectivity index (χ4n) is 2.72. The van der Waals surface area contributed by atoms with Crippen molar-refractivity contribution in [2.24, 2.45) is 5.73 Å². The van der Waals surface area contributed by atoms with E-state index in [1.165, 1.54) is 14.2 Å². The van der Waals surface area contributed by atoms with E-state index in [4.69, 9.17) is 19.9 Å². The fraction of sp³-hybridized carbons (Fsp3) is 0.440. The van der Waals surface area contributed by atoms with Crippen LogP contribution in [0, 0.1) is 0 Å². The number of thiol groups is 2. The number of methoxy groups -OCH3 is 2. The van der Waals surface area contributed by atoms with E-state index in [2.05, 4.69) is 37.5 Å². The van der Waals surface area contributed by atoms with Crippen molar-refractivity contribution < 1.29 is 23.8 Å². The topological polar surface area (TPSA) is 99.9 Å². The minimum Gasteiger partial charge on any atom is -0.497 e. The third kappa shape index (κ3) is 9.87. The second-order valence-electron chi connectivity index (χ2n) is 7.44. The van der Waals surface area contributed by atoms with Crippen LogP contribution in [0.5, 0.6) is 11.5 Å². The number of rotatable bonds is 11. The SMILES string of the molecule is CCC(CS)NC(=O)OC(C(=O)c1ccccc1)c1cc(OC)cc(OC)c1.CCC(N)CS. The van der Waals surface area contributed by atoms with Crippen molar-refractivity contribution >= 4 is 37.1 Å². The van der Waals surface area contributed by atoms with Gasteiger partial charge in [-0.15, -0.1) is 0 Å². The van der Waals surface area contributed by atoms with Gasteiger partial charge < -0.3 is 25.3 Å². The van der Waals surface area contributed by atoms with Gasteiger partial charge in [0.1, 0.15) is 11.5 Å². The van der Waals surface area contributed by atoms with Gasteiger partial charge in [0.15, 0.2) is 6.10 Å². The van der Waals surface area contributed by atoms with Crippen LogP contribution in [0.3, 0.4) is 0 Å². The van der Waals surface area contributed by atoms with Crippen LogP contribution in [0.2, 0.25) is 0 Å². The first-order valence-corrected chi connectivity index (χ1v) is 12.4. The average molecular weight is 509 g/mol. The quantitative estimate of drug-likeness (QED) is 0.259. The summed E-state index contributed by atoms with van der Waals surface area (Å²) in [5.41, 5.74) is 6.29. The molecule has 0 fully saturated rings. The lowest BCUT2D eigenvalue weighted by molar-refractivity contribution is 0.0619. The molecular weight excluding hydrogens is 472 g/mol. The largest absolute Gasteiger partial charge is 0.497 e. The van der Waals surface area contributed by atoms with Crippen LogP contribution in [0.25, 0.3) is 0 Å². The van der Waals surface area contributed by atoms with E-state index >= 15 is 0 Å². The zero-order chi connectivity index (χ0) is 25.5. The predicted molar refractivity (Wildman–Crippen MR) is 143 cm³/mol. The number of nitrogens with one attached hydrogen (secondary N) is 1. The summed E-state index contributed by atoms with van der Waals surface area (Å²) in [7, 11) is 3.03. The average Bonchev–Trinajstić information content (AvgIpc) is 2.89. The maximum absolute atomic E-state index is 13.1. The summed E-state index contributed by atoms with van der Waals surface area (Å²) in [5, 5.41) is 2.73. The Hall–Kier alpha value is -2.36. The summed E-state index contributed by atoms with van der Waals surface area (Å²) in [6.45, 7) is 3.99. The number of ketones is 1. The molecule has 0 heterocycles. The summed E-state index contributed by atoms with van der Waals surface area (Å²) in [6.07, 6.45) is -0.104. The smallest absolute Gasteiger partial charge is 0.408 e. The van der Waals surface area contributed by atoms with Crippen LogP contribution >= 0.6 is 25.3 Å². The van der Waals surface area contributed by atoms with Crippen molar-refractivity contribution in [2.45, 2.75) is 44.9 Å². The molecule has 34 heavy (non-hydrogen) atoms. The van der Waals surface area contributed by atoms with Crippen LogP contribution in [0.15, 0.2) is 48.5 Å². The lowest BCUT2D eigenvalue weighted by Gasteiger charge is -2.21. The van der Waals surface area contributed by atoms with Gasteiger partial charge in [-0.25, -0.2) is 4.79 Å². The second kappa shape index (κ2) is 16.3. The van der Waals surface area contributed by atoms with Gasteiger partial charge in [0, 0.05) is 40.8 Å². The third-order valence-corrected chi connectivity index (χ3v) is 5.90. The predicted octanol–water partition coefficient (Wildman–Crippen LogP) is 4.72. The fourth-order valence-corrected chi connectivity index (χ4v) is 3.33. The molecule has 0 aliphatic carbocycles. The van der Waals surface area contributed by atoms with Crippen LogP contribution in [0.1, 0.15) is 48.7 Å². The molecule has 0 saturated heterocycles. The molecule has 0 aromatic heterocycles. The number of nitrogens with two attached hydrogens (primary N) is 1. The number of carbonyl (C=O) groups excluding carboxylic acids is 2. The molecule has 188 valence electrons. The van der Waals surface area contributed by atoms with Crippen molar-refractivity contribution in [3.05, 3.63) is 59.7 Å². The van der Waals surface area contributed by atoms with Gasteiger partial charge in [0.25, 0.3) is 0 Å². The summed E-state index contributed by atoms with van der Waals surface area (Å²) >= 11 is 8.18. The lowest BCUT2D eigenvalue weighted by atomic mass is 9.99. The minimum absolute atomic E-state index is 0.150. The Morgan fingerprint density at radius 2 is 1.53 bits per heavy atom. The highest BCUT2D eigenvalue weighted by Crippen LogP contribution is 2.30. The number of ether oxygens (including phenoxy) is 3. The van der Waals surface area contributed by atoms with Gasteiger partial charge in [-0.3, -0.25) is 4.79 Å². The molecule has 0 bridgehead atoms. The Balaban J connectivity index is 0.000000852. The number of Topliss-reactive ketones (excluding diaryl/α,β-unsaturated/α-hetero) is 1. The molecule has 7 nitrogen and oxygen atoms in total. The monoisotopic (exact) mass is 508 g/mol. The number of hydrogen-bond donors (Lipinski definition) is 4. The molecule has 3 N–H and O–H groups in total. The number of hydrogen-bond acceptors (Lipinski definition) is 8. The minimum atomic E-state index is -1.15. The molecule has 2 aromatic rings. The van der Waals surface area contributed by atoms with E-state index < -0.39 is 12.2 Å². The molecule has 9 heteroatoms. The first-order valence-electron chi connectivity index (χ1n) is 11.1. The highest BCUT2D eigenvalue weighted by Gasteiger charge is 2.28. The molecule has 3 atom stereocenters. The highest BCUT2D eigenvalue weighted by molar-refractivity contribution is 7.80. The Morgan fingerprint density at radius 3 is 1.94 bits per heavy atom. The van der Waals surface area contributed by atoms with Crippen molar-refractivity contribution in [2.75, 3.05) is 25.7 Å². The maximum atomic E-state index is 13.1. The van der Waals surface area contributed by atoms with E-state index in [1.54, 1.807) is 42.5 Å². The van der Waals surface area contributed by atoms with Crippen LogP contribution < -0.4 is 20.5 Å². The number of amides is 1. The summed E-state index contributed by atoms with van der Waals surface area (Å²) in [6, 6.07) is 13.8. The first-order chi connectivity index (χ1) is 16.3. The lowest BCUT2D eigenvalue weighted by Crippen LogP contribution is -2.37. The summed E-state index contributed by atoms with van der Waals surface area (Å²) in [4.78, 5) is 25.5. The standard InChI is InChI=1S/C21H25NO5S.C4H11NS/c1-4-16(13-28)22-21(24)27-20(19(23)14-8-6-5-7-9-14)15-10-17(25-2)12-18(11-15)26-3;1-2-4(5)3-6/h5-12,16,20,28H,4,13H2,1-3H3,(H,22,24);4,6H,2-3,5H2,1H3. The van der Waals surface area contributed by atoms with E-state index in [1.807, 2.05) is 13.0 Å². The molecule has 0 radical (unpaired) electrons. The second-order valence-corrected chi connectivity index (χ2v) is 8.17. The Bertz CT molecular complexity index is 853. The number of carbonyl (C=O) groups is 2. The van der Waals surface area contributed by atoms with Crippen LogP contribution in [-0.2, 0) is 4.74 Å². The van der Waals surface area contributed by atoms with Gasteiger partial charge in [-0.1, -0.05) is 44.2 Å². The number of benzene rings is 2. The first kappa shape index (κ1) is 29.7. The zero-order valence-electron chi connectivity index (χ0n) is 20.2. The molecule has 0 aliphatic heterocycles. The van der Waals surface area contributed by atoms with Gasteiger partial charge in [-0.05, 0) is 25.0 Å². The zero-order valence-corrected chi connectivity index (χ0v) is 22.0. The van der Waals surface area contributed by atoms with Gasteiger partial charge in [0.05, 0.1) is 14.2 Å². The molecule has 0 aliphatic rings. The van der Waals surface area contributed by atoms with Crippen molar-refractivity contribution in [3.8, 4) is 11.5 Å². The van der Waals surface area contributed by atoms with Crippen molar-refractivity contribution in [3.63, 3.8) is 0 Å². The molecule has 2 rings (SSSR count). The molecule has 0 spiro atoms. The van der Waals surface area contributed by atoms with Crippen LogP contribution in [0.4, 0.5) is 4.79 Å². The number of alkyl carbamates (subject to hydrolysis) is 1. The maximum Gasteiger partial charge on any atom is 0.408 e. The van der Waals surface area contributed by atoms with Gasteiger partial charge in [0.2, 0.25) is 5.78 Å². The normalized spacial score (nSPS) is 12.9. The third-order valence-electron chi connectivity index (χ3n) is 4.99. The summed E-state index contributed by atoms with van der Waals surface area (Å²) < 4.78 is 16.1. The molecule has 1 amide bonds. The van der Waals surface area contributed by atoms with E-state index in [9.17, 15) is 9.59 Å². The van der Waals surface area contributed by atoms with Gasteiger partial charge >= 0.3 is 6.09 Å². The molecule has 2 aromatic carbocycles.